The summed E-state index contributed by atoms with van der Waals surface area (Å²) in [6.07, 6.45) is -0.595. The van der Waals surface area contributed by atoms with Gasteiger partial charge in [0.1, 0.15) is 24.2 Å². The molecule has 3 aromatic carbocycles. The number of methoxy groups -OCH3 is 1. The molecule has 2 amide bonds. The lowest BCUT2D eigenvalue weighted by Gasteiger charge is -2.31. The molecule has 1 heterocycles. The molecule has 0 aromatic heterocycles. The molecule has 0 saturated carbocycles. The molecule has 1 unspecified atom stereocenters. The second kappa shape index (κ2) is 9.32. The zero-order valence-corrected chi connectivity index (χ0v) is 18.7. The Morgan fingerprint density at radius 3 is 2.39 bits per heavy atom. The van der Waals surface area contributed by atoms with Crippen LogP contribution < -0.4 is 9.64 Å². The van der Waals surface area contributed by atoms with E-state index < -0.39 is 18.0 Å². The van der Waals surface area contributed by atoms with Crippen molar-refractivity contribution in [3.05, 3.63) is 89.7 Å². The van der Waals surface area contributed by atoms with Gasteiger partial charge in [-0.3, -0.25) is 14.6 Å². The van der Waals surface area contributed by atoms with Crippen LogP contribution in [-0.2, 0) is 16.1 Å². The van der Waals surface area contributed by atoms with Gasteiger partial charge in [0.05, 0.1) is 12.8 Å². The lowest BCUT2D eigenvalue weighted by atomic mass is 10.1. The number of carbonyl (C=O) groups is 2. The third-order valence-corrected chi connectivity index (χ3v) is 5.56. The molecule has 1 atom stereocenters. The standard InChI is InChI=1S/C26H25FN2O4/c1-17(2)28(26(31)33-16-18-7-5-4-6-8-18)24-22-15-21(32-3)13-14-23(22)29(25(24)30)20-11-9-19(27)10-12-20/h4-15,17,24H,16H2,1-3H3. The van der Waals surface area contributed by atoms with Crippen molar-refractivity contribution in [3.8, 4) is 5.75 Å². The van der Waals surface area contributed by atoms with E-state index in [1.807, 2.05) is 44.2 Å². The van der Waals surface area contributed by atoms with Gasteiger partial charge < -0.3 is 9.47 Å². The molecule has 6 nitrogen and oxygen atoms in total. The SMILES string of the molecule is COc1ccc2c(c1)C(N(C(=O)OCc1ccccc1)C(C)C)C(=O)N2c1ccc(F)cc1. The van der Waals surface area contributed by atoms with Gasteiger partial charge in [-0.05, 0) is 61.9 Å². The van der Waals surface area contributed by atoms with E-state index in [2.05, 4.69) is 0 Å². The van der Waals surface area contributed by atoms with E-state index in [-0.39, 0.29) is 18.6 Å². The predicted octanol–water partition coefficient (Wildman–Crippen LogP) is 5.60. The number of anilines is 2. The number of hydrogen-bond acceptors (Lipinski definition) is 4. The van der Waals surface area contributed by atoms with Gasteiger partial charge in [-0.1, -0.05) is 30.3 Å². The van der Waals surface area contributed by atoms with Crippen LogP contribution in [0.5, 0.6) is 5.75 Å². The highest BCUT2D eigenvalue weighted by Crippen LogP contribution is 2.45. The van der Waals surface area contributed by atoms with Gasteiger partial charge in [-0.25, -0.2) is 9.18 Å². The zero-order chi connectivity index (χ0) is 23.5. The van der Waals surface area contributed by atoms with Gasteiger partial charge in [0, 0.05) is 17.3 Å². The molecule has 0 aliphatic carbocycles. The Kier molecular flexibility index (Phi) is 6.31. The van der Waals surface area contributed by atoms with Crippen LogP contribution >= 0.6 is 0 Å². The van der Waals surface area contributed by atoms with Crippen molar-refractivity contribution in [3.63, 3.8) is 0 Å². The van der Waals surface area contributed by atoms with Gasteiger partial charge in [0.25, 0.3) is 5.91 Å². The molecule has 33 heavy (non-hydrogen) atoms. The fraction of sp³-hybridized carbons (Fsp3) is 0.231. The predicted molar refractivity (Wildman–Crippen MR) is 123 cm³/mol. The smallest absolute Gasteiger partial charge is 0.411 e. The van der Waals surface area contributed by atoms with Crippen LogP contribution in [-0.4, -0.2) is 30.1 Å². The Morgan fingerprint density at radius 2 is 1.76 bits per heavy atom. The Bertz CT molecular complexity index is 1150. The van der Waals surface area contributed by atoms with E-state index in [4.69, 9.17) is 9.47 Å². The number of nitrogens with zero attached hydrogens (tertiary/aromatic N) is 2. The maximum atomic E-state index is 13.7. The highest BCUT2D eigenvalue weighted by molar-refractivity contribution is 6.11. The van der Waals surface area contributed by atoms with Gasteiger partial charge >= 0.3 is 6.09 Å². The van der Waals surface area contributed by atoms with Crippen molar-refractivity contribution in [1.82, 2.24) is 4.90 Å². The second-order valence-electron chi connectivity index (χ2n) is 8.02. The lowest BCUT2D eigenvalue weighted by Crippen LogP contribution is -2.44. The van der Waals surface area contributed by atoms with E-state index in [1.54, 1.807) is 25.3 Å². The molecule has 0 bridgehead atoms. The van der Waals surface area contributed by atoms with Crippen molar-refractivity contribution in [1.29, 1.82) is 0 Å². The molecule has 1 aliphatic heterocycles. The monoisotopic (exact) mass is 448 g/mol. The maximum Gasteiger partial charge on any atom is 0.411 e. The van der Waals surface area contributed by atoms with E-state index in [0.717, 1.165) is 5.56 Å². The summed E-state index contributed by atoms with van der Waals surface area (Å²) >= 11 is 0. The van der Waals surface area contributed by atoms with Crippen LogP contribution in [0.1, 0.15) is 31.0 Å². The summed E-state index contributed by atoms with van der Waals surface area (Å²) < 4.78 is 24.5. The van der Waals surface area contributed by atoms with Gasteiger partial charge in [-0.15, -0.1) is 0 Å². The fourth-order valence-electron chi connectivity index (χ4n) is 3.99. The quantitative estimate of drug-likeness (QED) is 0.493. The van der Waals surface area contributed by atoms with E-state index in [9.17, 15) is 14.0 Å². The fourth-order valence-corrected chi connectivity index (χ4v) is 3.99. The van der Waals surface area contributed by atoms with E-state index in [1.165, 1.54) is 34.1 Å². The van der Waals surface area contributed by atoms with Crippen LogP contribution in [0, 0.1) is 5.82 Å². The van der Waals surface area contributed by atoms with E-state index in [0.29, 0.717) is 22.7 Å². The summed E-state index contributed by atoms with van der Waals surface area (Å²) in [6.45, 7) is 3.76. The summed E-state index contributed by atoms with van der Waals surface area (Å²) in [5, 5.41) is 0. The number of rotatable bonds is 6. The first-order chi connectivity index (χ1) is 15.9. The van der Waals surface area contributed by atoms with Crippen molar-refractivity contribution < 1.29 is 23.5 Å². The molecule has 3 aromatic rings. The molecule has 0 saturated heterocycles. The summed E-state index contributed by atoms with van der Waals surface area (Å²) in [5.41, 5.74) is 2.59. The van der Waals surface area contributed by atoms with Crippen molar-refractivity contribution in [2.45, 2.75) is 32.5 Å². The van der Waals surface area contributed by atoms with E-state index >= 15 is 0 Å². The molecule has 0 N–H and O–H groups in total. The van der Waals surface area contributed by atoms with Crippen LogP contribution in [0.3, 0.4) is 0 Å². The lowest BCUT2D eigenvalue weighted by molar-refractivity contribution is -0.122. The first kappa shape index (κ1) is 22.3. The summed E-state index contributed by atoms with van der Waals surface area (Å²) in [7, 11) is 1.54. The minimum Gasteiger partial charge on any atom is -0.497 e. The van der Waals surface area contributed by atoms with Gasteiger partial charge in [-0.2, -0.15) is 0 Å². The molecular formula is C26H25FN2O4. The number of hydrogen-bond donors (Lipinski definition) is 0. The van der Waals surface area contributed by atoms with Crippen molar-refractivity contribution >= 4 is 23.4 Å². The minimum atomic E-state index is -0.913. The van der Waals surface area contributed by atoms with Gasteiger partial charge in [0.15, 0.2) is 0 Å². The number of ether oxygens (including phenoxy) is 2. The zero-order valence-electron chi connectivity index (χ0n) is 18.7. The summed E-state index contributed by atoms with van der Waals surface area (Å²) in [5.74, 6) is -0.158. The number of halogens is 1. The van der Waals surface area contributed by atoms with Crippen molar-refractivity contribution in [2.75, 3.05) is 12.0 Å². The van der Waals surface area contributed by atoms with Crippen LogP contribution in [0.25, 0.3) is 0 Å². The molecule has 0 radical (unpaired) electrons. The topological polar surface area (TPSA) is 59.1 Å². The molecule has 170 valence electrons. The van der Waals surface area contributed by atoms with Crippen LogP contribution in [0.15, 0.2) is 72.8 Å². The Balaban J connectivity index is 1.71. The molecule has 4 rings (SSSR count). The average molecular weight is 448 g/mol. The Labute approximate surface area is 192 Å². The average Bonchev–Trinajstić information content (AvgIpc) is 3.10. The summed E-state index contributed by atoms with van der Waals surface area (Å²) in [4.78, 5) is 29.8. The number of amides is 2. The largest absolute Gasteiger partial charge is 0.497 e. The van der Waals surface area contributed by atoms with Gasteiger partial charge in [0.2, 0.25) is 0 Å². The first-order valence-corrected chi connectivity index (χ1v) is 10.7. The molecule has 1 aliphatic rings. The molecule has 7 heteroatoms. The Morgan fingerprint density at radius 1 is 1.06 bits per heavy atom. The molecule has 0 fully saturated rings. The second-order valence-corrected chi connectivity index (χ2v) is 8.02. The number of benzene rings is 3. The van der Waals surface area contributed by atoms with Crippen LogP contribution in [0.2, 0.25) is 0 Å². The highest BCUT2D eigenvalue weighted by atomic mass is 19.1. The third-order valence-electron chi connectivity index (χ3n) is 5.56. The molecular weight excluding hydrogens is 423 g/mol. The highest BCUT2D eigenvalue weighted by Gasteiger charge is 2.45. The molecule has 0 spiro atoms. The van der Waals surface area contributed by atoms with Crippen LogP contribution in [0.4, 0.5) is 20.6 Å². The Hall–Kier alpha value is -3.87. The van der Waals surface area contributed by atoms with Crippen molar-refractivity contribution in [2.24, 2.45) is 0 Å². The minimum absolute atomic E-state index is 0.0937. The summed E-state index contributed by atoms with van der Waals surface area (Å²) in [6, 6.07) is 19.1. The number of fused-ring (bicyclic) bond motifs is 1. The maximum absolute atomic E-state index is 13.7. The normalized spacial score (nSPS) is 14.9. The third kappa shape index (κ3) is 4.39. The first-order valence-electron chi connectivity index (χ1n) is 10.7. The number of carbonyl (C=O) groups excluding carboxylic acids is 2.